The molecule has 0 bridgehead atoms. The molecule has 0 saturated carbocycles. The fraction of sp³-hybridized carbons (Fsp3) is 0.211. The van der Waals surface area contributed by atoms with Gasteiger partial charge in [0.15, 0.2) is 0 Å². The second-order valence-electron chi connectivity index (χ2n) is 5.90. The molecule has 134 valence electrons. The van der Waals surface area contributed by atoms with Crippen molar-refractivity contribution >= 4 is 29.1 Å². The van der Waals surface area contributed by atoms with Crippen molar-refractivity contribution in [2.45, 2.75) is 19.4 Å². The fourth-order valence-electron chi connectivity index (χ4n) is 2.45. The molecule has 0 spiro atoms. The normalized spacial score (nSPS) is 10.7. The summed E-state index contributed by atoms with van der Waals surface area (Å²) in [7, 11) is 1.72. The molecule has 3 rings (SSSR count). The van der Waals surface area contributed by atoms with E-state index in [0.29, 0.717) is 34.6 Å². The van der Waals surface area contributed by atoms with Crippen molar-refractivity contribution in [2.24, 2.45) is 0 Å². The highest BCUT2D eigenvalue weighted by Crippen LogP contribution is 2.20. The Labute approximate surface area is 161 Å². The highest BCUT2D eigenvalue weighted by Gasteiger charge is 2.15. The Hall–Kier alpha value is -2.37. The van der Waals surface area contributed by atoms with Gasteiger partial charge in [0.2, 0.25) is 17.6 Å². The molecular formula is C19H17Cl2N3O2. The van der Waals surface area contributed by atoms with Gasteiger partial charge >= 0.3 is 0 Å². The van der Waals surface area contributed by atoms with Gasteiger partial charge in [0.05, 0.1) is 6.54 Å². The number of carbonyl (C=O) groups excluding carboxylic acids is 1. The molecule has 0 aliphatic heterocycles. The summed E-state index contributed by atoms with van der Waals surface area (Å²) in [6, 6.07) is 14.7. The maximum Gasteiger partial charge on any atom is 0.246 e. The lowest BCUT2D eigenvalue weighted by molar-refractivity contribution is -0.130. The molecule has 3 aromatic rings. The maximum atomic E-state index is 12.3. The predicted molar refractivity (Wildman–Crippen MR) is 101 cm³/mol. The Bertz CT molecular complexity index is 894. The van der Waals surface area contributed by atoms with Crippen LogP contribution in [0.2, 0.25) is 10.0 Å². The highest BCUT2D eigenvalue weighted by atomic mass is 35.5. The summed E-state index contributed by atoms with van der Waals surface area (Å²) in [5, 5.41) is 5.23. The molecule has 0 aliphatic rings. The van der Waals surface area contributed by atoms with Crippen molar-refractivity contribution < 1.29 is 9.32 Å². The largest absolute Gasteiger partial charge is 0.337 e. The maximum absolute atomic E-state index is 12.3. The van der Waals surface area contributed by atoms with Crippen LogP contribution in [0.15, 0.2) is 53.1 Å². The van der Waals surface area contributed by atoms with E-state index in [2.05, 4.69) is 10.1 Å². The molecule has 0 saturated heterocycles. The number of benzene rings is 2. The third kappa shape index (κ3) is 4.84. The number of carbonyl (C=O) groups is 1. The van der Waals surface area contributed by atoms with E-state index < -0.39 is 0 Å². The standard InChI is InChI=1S/C19H17Cl2N3O2/c1-24(18(25)10-7-13-5-8-15(20)9-6-13)12-17-22-19(23-26-17)14-3-2-4-16(21)11-14/h2-6,8-9,11H,7,10,12H2,1H3. The third-order valence-electron chi connectivity index (χ3n) is 3.89. The van der Waals surface area contributed by atoms with E-state index >= 15 is 0 Å². The van der Waals surface area contributed by atoms with E-state index in [4.69, 9.17) is 27.7 Å². The lowest BCUT2D eigenvalue weighted by Gasteiger charge is -2.14. The number of halogens is 2. The van der Waals surface area contributed by atoms with Crippen LogP contribution >= 0.6 is 23.2 Å². The first-order chi connectivity index (χ1) is 12.5. The second kappa shape index (κ2) is 8.34. The van der Waals surface area contributed by atoms with Crippen LogP contribution in [0.25, 0.3) is 11.4 Å². The minimum absolute atomic E-state index is 0.00227. The van der Waals surface area contributed by atoms with Gasteiger partial charge in [-0.15, -0.1) is 0 Å². The van der Waals surface area contributed by atoms with E-state index in [1.165, 1.54) is 0 Å². The molecule has 7 heteroatoms. The molecule has 26 heavy (non-hydrogen) atoms. The third-order valence-corrected chi connectivity index (χ3v) is 4.38. The Morgan fingerprint density at radius 3 is 2.62 bits per heavy atom. The van der Waals surface area contributed by atoms with E-state index in [-0.39, 0.29) is 12.5 Å². The van der Waals surface area contributed by atoms with E-state index in [1.807, 2.05) is 36.4 Å². The van der Waals surface area contributed by atoms with Crippen LogP contribution in [0.3, 0.4) is 0 Å². The summed E-state index contributed by atoms with van der Waals surface area (Å²) in [6.45, 7) is 0.257. The molecule has 0 radical (unpaired) electrons. The predicted octanol–water partition coefficient (Wildman–Crippen LogP) is 4.63. The fourth-order valence-corrected chi connectivity index (χ4v) is 2.76. The SMILES string of the molecule is CN(Cc1nc(-c2cccc(Cl)c2)no1)C(=O)CCc1ccc(Cl)cc1. The zero-order valence-electron chi connectivity index (χ0n) is 14.2. The number of aryl methyl sites for hydroxylation is 1. The van der Waals surface area contributed by atoms with Crippen molar-refractivity contribution in [3.05, 3.63) is 70.0 Å². The van der Waals surface area contributed by atoms with Crippen LogP contribution in [0.4, 0.5) is 0 Å². The molecule has 1 heterocycles. The molecule has 0 fully saturated rings. The van der Waals surface area contributed by atoms with Gasteiger partial charge in [-0.3, -0.25) is 4.79 Å². The summed E-state index contributed by atoms with van der Waals surface area (Å²) >= 11 is 11.8. The molecule has 0 atom stereocenters. The van der Waals surface area contributed by atoms with Gasteiger partial charge in [0.25, 0.3) is 0 Å². The zero-order chi connectivity index (χ0) is 18.5. The molecule has 0 aliphatic carbocycles. The first-order valence-electron chi connectivity index (χ1n) is 8.08. The van der Waals surface area contributed by atoms with Gasteiger partial charge in [-0.1, -0.05) is 52.6 Å². The first-order valence-corrected chi connectivity index (χ1v) is 8.84. The van der Waals surface area contributed by atoms with Gasteiger partial charge in [0.1, 0.15) is 0 Å². The van der Waals surface area contributed by atoms with Gasteiger partial charge in [0, 0.05) is 29.1 Å². The van der Waals surface area contributed by atoms with Crippen molar-refractivity contribution in [2.75, 3.05) is 7.05 Å². The smallest absolute Gasteiger partial charge is 0.246 e. The molecule has 1 aromatic heterocycles. The van der Waals surface area contributed by atoms with Gasteiger partial charge in [-0.25, -0.2) is 0 Å². The molecule has 5 nitrogen and oxygen atoms in total. The second-order valence-corrected chi connectivity index (χ2v) is 6.77. The van der Waals surface area contributed by atoms with Gasteiger partial charge in [-0.05, 0) is 36.2 Å². The Balaban J connectivity index is 1.56. The van der Waals surface area contributed by atoms with Crippen LogP contribution in [-0.2, 0) is 17.8 Å². The number of amides is 1. The zero-order valence-corrected chi connectivity index (χ0v) is 15.7. The molecule has 0 N–H and O–H groups in total. The van der Waals surface area contributed by atoms with Crippen LogP contribution in [-0.4, -0.2) is 28.0 Å². The lowest BCUT2D eigenvalue weighted by atomic mass is 10.1. The van der Waals surface area contributed by atoms with Crippen molar-refractivity contribution in [3.63, 3.8) is 0 Å². The summed E-state index contributed by atoms with van der Waals surface area (Å²) in [4.78, 5) is 18.2. The molecular weight excluding hydrogens is 373 g/mol. The topological polar surface area (TPSA) is 59.2 Å². The number of nitrogens with zero attached hydrogens (tertiary/aromatic N) is 3. The number of hydrogen-bond donors (Lipinski definition) is 0. The molecule has 2 aromatic carbocycles. The van der Waals surface area contributed by atoms with Gasteiger partial charge < -0.3 is 9.42 Å². The Morgan fingerprint density at radius 1 is 1.12 bits per heavy atom. The average molecular weight is 390 g/mol. The summed E-state index contributed by atoms with van der Waals surface area (Å²) in [6.07, 6.45) is 1.05. The molecule has 1 amide bonds. The number of rotatable bonds is 6. The van der Waals surface area contributed by atoms with E-state index in [1.54, 1.807) is 24.1 Å². The number of hydrogen-bond acceptors (Lipinski definition) is 4. The Morgan fingerprint density at radius 2 is 1.88 bits per heavy atom. The minimum Gasteiger partial charge on any atom is -0.337 e. The van der Waals surface area contributed by atoms with Crippen molar-refractivity contribution in [1.82, 2.24) is 15.0 Å². The van der Waals surface area contributed by atoms with Crippen LogP contribution in [0, 0.1) is 0 Å². The van der Waals surface area contributed by atoms with Gasteiger partial charge in [-0.2, -0.15) is 4.98 Å². The van der Waals surface area contributed by atoms with E-state index in [0.717, 1.165) is 11.1 Å². The lowest BCUT2D eigenvalue weighted by Crippen LogP contribution is -2.26. The van der Waals surface area contributed by atoms with Crippen LogP contribution < -0.4 is 0 Å². The quantitative estimate of drug-likeness (QED) is 0.616. The average Bonchev–Trinajstić information content (AvgIpc) is 3.09. The monoisotopic (exact) mass is 389 g/mol. The van der Waals surface area contributed by atoms with Crippen LogP contribution in [0.1, 0.15) is 17.9 Å². The summed E-state index contributed by atoms with van der Waals surface area (Å²) in [5.41, 5.74) is 1.83. The first kappa shape index (κ1) is 18.4. The van der Waals surface area contributed by atoms with E-state index in [9.17, 15) is 4.79 Å². The molecule has 0 unspecified atom stereocenters. The Kier molecular flexibility index (Phi) is 5.91. The highest BCUT2D eigenvalue weighted by molar-refractivity contribution is 6.31. The number of aromatic nitrogens is 2. The minimum atomic E-state index is 0.00227. The van der Waals surface area contributed by atoms with Crippen molar-refractivity contribution in [3.8, 4) is 11.4 Å². The van der Waals surface area contributed by atoms with Crippen molar-refractivity contribution in [1.29, 1.82) is 0 Å². The summed E-state index contributed by atoms with van der Waals surface area (Å²) in [5.74, 6) is 0.828. The van der Waals surface area contributed by atoms with Crippen LogP contribution in [0.5, 0.6) is 0 Å². The summed E-state index contributed by atoms with van der Waals surface area (Å²) < 4.78 is 5.24.